The summed E-state index contributed by atoms with van der Waals surface area (Å²) < 4.78 is 0.781. The standard InChI is InChI=1S/C30H26N6O8/c1-16(10-12-23-25(39)33-29(43)35(27(23)41)21-8-4-6-19(14-21)31-17(2)37)11-13-24-26(40)34-30(44)36(28(24)42)22-9-5-7-20(15-22)32-18(3)38/h4-15,39H,1-3H3,(H,31,37)(H,32,38)(H,33,43)(H,34,40,44). The molecular formula is C30H26N6O8. The van der Waals surface area contributed by atoms with E-state index in [-0.39, 0.29) is 34.3 Å². The molecule has 1 aliphatic rings. The molecule has 44 heavy (non-hydrogen) atoms. The number of hydrogen-bond donors (Lipinski definition) is 5. The SMILES string of the molecule is CC(=O)Nc1cccc(N2C(=O)NC(=O)C(=CC=C(C)C=Cc3c(O)[nH]c(=O)n(-c4cccc(NC(C)=O)c4)c3=O)C2=O)c1. The van der Waals surface area contributed by atoms with Gasteiger partial charge >= 0.3 is 11.7 Å². The molecule has 0 atom stereocenters. The summed E-state index contributed by atoms with van der Waals surface area (Å²) in [5, 5.41) is 17.5. The Bertz CT molecular complexity index is 1930. The number of urea groups is 1. The number of aromatic amines is 1. The fraction of sp³-hybridized carbons (Fsp3) is 0.100. The highest BCUT2D eigenvalue weighted by atomic mass is 16.3. The molecule has 14 heteroatoms. The van der Waals surface area contributed by atoms with Crippen molar-refractivity contribution in [2.45, 2.75) is 20.8 Å². The summed E-state index contributed by atoms with van der Waals surface area (Å²) >= 11 is 0. The van der Waals surface area contributed by atoms with Crippen LogP contribution >= 0.6 is 0 Å². The minimum absolute atomic E-state index is 0.116. The van der Waals surface area contributed by atoms with Crippen LogP contribution in [0.4, 0.5) is 21.9 Å². The molecule has 1 saturated heterocycles. The number of nitrogens with zero attached hydrogens (tertiary/aromatic N) is 2. The number of barbiturate groups is 1. The lowest BCUT2D eigenvalue weighted by molar-refractivity contribution is -0.123. The highest BCUT2D eigenvalue weighted by Gasteiger charge is 2.36. The Kier molecular flexibility index (Phi) is 8.84. The number of benzene rings is 2. The van der Waals surface area contributed by atoms with Crippen molar-refractivity contribution in [3.05, 3.63) is 104 Å². The van der Waals surface area contributed by atoms with Gasteiger partial charge in [-0.05, 0) is 55.5 Å². The molecule has 3 aromatic rings. The Labute approximate surface area is 249 Å². The van der Waals surface area contributed by atoms with Gasteiger partial charge in [0.15, 0.2) is 0 Å². The molecule has 0 unspecified atom stereocenters. The molecule has 5 N–H and O–H groups in total. The maximum absolute atomic E-state index is 13.2. The fourth-order valence-corrected chi connectivity index (χ4v) is 4.17. The van der Waals surface area contributed by atoms with Gasteiger partial charge in [0.25, 0.3) is 17.4 Å². The lowest BCUT2D eigenvalue weighted by Crippen LogP contribution is -2.54. The molecule has 14 nitrogen and oxygen atoms in total. The molecule has 4 rings (SSSR count). The van der Waals surface area contributed by atoms with Crippen molar-refractivity contribution in [1.82, 2.24) is 14.9 Å². The molecule has 0 bridgehead atoms. The first-order chi connectivity index (χ1) is 20.8. The van der Waals surface area contributed by atoms with Crippen LogP contribution in [-0.2, 0) is 19.2 Å². The van der Waals surface area contributed by atoms with Gasteiger partial charge in [0, 0.05) is 25.2 Å². The van der Waals surface area contributed by atoms with Gasteiger partial charge in [-0.3, -0.25) is 34.3 Å². The second-order valence-corrected chi connectivity index (χ2v) is 9.52. The van der Waals surface area contributed by atoms with Crippen molar-refractivity contribution in [2.75, 3.05) is 15.5 Å². The highest BCUT2D eigenvalue weighted by molar-refractivity contribution is 6.37. The minimum Gasteiger partial charge on any atom is -0.494 e. The lowest BCUT2D eigenvalue weighted by Gasteiger charge is -2.26. The van der Waals surface area contributed by atoms with E-state index in [1.54, 1.807) is 19.1 Å². The number of carbonyl (C=O) groups excluding carboxylic acids is 5. The predicted octanol–water partition coefficient (Wildman–Crippen LogP) is 2.32. The number of anilines is 3. The second kappa shape index (κ2) is 12.7. The molecule has 2 aromatic carbocycles. The number of aromatic hydroxyl groups is 1. The van der Waals surface area contributed by atoms with Crippen LogP contribution in [-0.4, -0.2) is 44.3 Å². The summed E-state index contributed by atoms with van der Waals surface area (Å²) in [6.45, 7) is 4.19. The Morgan fingerprint density at radius 3 is 2.07 bits per heavy atom. The molecule has 224 valence electrons. The fourth-order valence-electron chi connectivity index (χ4n) is 4.17. The third-order valence-electron chi connectivity index (χ3n) is 6.09. The van der Waals surface area contributed by atoms with Crippen LogP contribution in [0.2, 0.25) is 0 Å². The average Bonchev–Trinajstić information content (AvgIpc) is 2.92. The molecule has 0 saturated carbocycles. The second-order valence-electron chi connectivity index (χ2n) is 9.52. The average molecular weight is 599 g/mol. The number of nitrogens with one attached hydrogen (secondary N) is 4. The van der Waals surface area contributed by atoms with Gasteiger partial charge in [-0.2, -0.15) is 0 Å². The third kappa shape index (κ3) is 6.76. The van der Waals surface area contributed by atoms with Gasteiger partial charge < -0.3 is 15.7 Å². The molecule has 6 amide bonds. The maximum atomic E-state index is 13.2. The Hall–Kier alpha value is -6.31. The van der Waals surface area contributed by atoms with Crippen LogP contribution in [0.3, 0.4) is 0 Å². The van der Waals surface area contributed by atoms with Gasteiger partial charge in [0.2, 0.25) is 17.7 Å². The van der Waals surface area contributed by atoms with E-state index >= 15 is 0 Å². The highest BCUT2D eigenvalue weighted by Crippen LogP contribution is 2.24. The van der Waals surface area contributed by atoms with E-state index < -0.39 is 35.0 Å². The van der Waals surface area contributed by atoms with E-state index in [9.17, 15) is 38.7 Å². The molecule has 0 spiro atoms. The Morgan fingerprint density at radius 2 is 1.45 bits per heavy atom. The van der Waals surface area contributed by atoms with Crippen LogP contribution in [0, 0.1) is 0 Å². The number of amides is 6. The Balaban J connectivity index is 1.63. The lowest BCUT2D eigenvalue weighted by atomic mass is 10.1. The van der Waals surface area contributed by atoms with Crippen LogP contribution in [0.15, 0.2) is 87.5 Å². The third-order valence-corrected chi connectivity index (χ3v) is 6.09. The van der Waals surface area contributed by atoms with Crippen LogP contribution in [0.1, 0.15) is 26.3 Å². The van der Waals surface area contributed by atoms with Crippen LogP contribution in [0.25, 0.3) is 11.8 Å². The summed E-state index contributed by atoms with van der Waals surface area (Å²) in [6, 6.07) is 11.0. The molecule has 0 aliphatic carbocycles. The molecular weight excluding hydrogens is 572 g/mol. The summed E-state index contributed by atoms with van der Waals surface area (Å²) in [7, 11) is 0. The first kappa shape index (κ1) is 30.6. The summed E-state index contributed by atoms with van der Waals surface area (Å²) in [5.41, 5.74) is -1.05. The van der Waals surface area contributed by atoms with E-state index in [4.69, 9.17) is 0 Å². The molecule has 2 heterocycles. The van der Waals surface area contributed by atoms with Crippen molar-refractivity contribution < 1.29 is 29.1 Å². The molecule has 1 aliphatic heterocycles. The maximum Gasteiger partial charge on any atom is 0.335 e. The van der Waals surface area contributed by atoms with Gasteiger partial charge in [-0.15, -0.1) is 0 Å². The van der Waals surface area contributed by atoms with Crippen molar-refractivity contribution >= 4 is 52.8 Å². The zero-order valence-corrected chi connectivity index (χ0v) is 23.6. The van der Waals surface area contributed by atoms with Crippen molar-refractivity contribution in [3.8, 4) is 11.6 Å². The van der Waals surface area contributed by atoms with Crippen LogP contribution in [0.5, 0.6) is 5.88 Å². The monoisotopic (exact) mass is 598 g/mol. The van der Waals surface area contributed by atoms with Gasteiger partial charge in [-0.1, -0.05) is 29.9 Å². The summed E-state index contributed by atoms with van der Waals surface area (Å²) in [6.07, 6.45) is 5.20. The number of H-pyrrole nitrogens is 1. The van der Waals surface area contributed by atoms with Crippen molar-refractivity contribution in [3.63, 3.8) is 0 Å². The first-order valence-electron chi connectivity index (χ1n) is 13.0. The number of aromatic nitrogens is 2. The normalized spacial score (nSPS) is 14.6. The van der Waals surface area contributed by atoms with Gasteiger partial charge in [-0.25, -0.2) is 19.1 Å². The quantitative estimate of drug-likeness (QED) is 0.155. The number of rotatable bonds is 7. The zero-order valence-electron chi connectivity index (χ0n) is 23.6. The zero-order chi connectivity index (χ0) is 32.1. The summed E-state index contributed by atoms with van der Waals surface area (Å²) in [5.74, 6) is -3.22. The molecule has 1 aromatic heterocycles. The first-order valence-corrected chi connectivity index (χ1v) is 13.0. The minimum atomic E-state index is -0.967. The van der Waals surface area contributed by atoms with E-state index in [0.29, 0.717) is 16.9 Å². The molecule has 1 fully saturated rings. The number of allylic oxidation sites excluding steroid dienone is 4. The van der Waals surface area contributed by atoms with Crippen LogP contribution < -0.4 is 32.1 Å². The van der Waals surface area contributed by atoms with Crippen molar-refractivity contribution in [1.29, 1.82) is 0 Å². The van der Waals surface area contributed by atoms with Crippen molar-refractivity contribution in [2.24, 2.45) is 0 Å². The van der Waals surface area contributed by atoms with Gasteiger partial charge in [0.05, 0.1) is 11.4 Å². The largest absolute Gasteiger partial charge is 0.494 e. The Morgan fingerprint density at radius 1 is 0.864 bits per heavy atom. The molecule has 0 radical (unpaired) electrons. The predicted molar refractivity (Wildman–Crippen MR) is 161 cm³/mol. The number of carbonyl (C=O) groups is 5. The topological polar surface area (TPSA) is 200 Å². The number of hydrogen-bond acceptors (Lipinski definition) is 8. The summed E-state index contributed by atoms with van der Waals surface area (Å²) in [4.78, 5) is 89.6. The van der Waals surface area contributed by atoms with E-state index in [2.05, 4.69) is 20.9 Å². The smallest absolute Gasteiger partial charge is 0.335 e. The van der Waals surface area contributed by atoms with Gasteiger partial charge in [0.1, 0.15) is 11.1 Å². The van der Waals surface area contributed by atoms with E-state index in [0.717, 1.165) is 9.47 Å². The van der Waals surface area contributed by atoms with E-state index in [1.807, 2.05) is 0 Å². The van der Waals surface area contributed by atoms with E-state index in [1.165, 1.54) is 74.5 Å². The number of imide groups is 2.